The molecule has 0 bridgehead atoms. The smallest absolute Gasteiger partial charge is 0.276 e. The van der Waals surface area contributed by atoms with E-state index in [1.54, 1.807) is 11.0 Å². The van der Waals surface area contributed by atoms with Crippen LogP contribution in [0.5, 0.6) is 5.75 Å². The van der Waals surface area contributed by atoms with Gasteiger partial charge in [0.05, 0.1) is 0 Å². The van der Waals surface area contributed by atoms with Crippen molar-refractivity contribution in [1.82, 2.24) is 9.88 Å². The maximum absolute atomic E-state index is 11.9. The highest BCUT2D eigenvalue weighted by Crippen LogP contribution is 2.17. The van der Waals surface area contributed by atoms with Crippen molar-refractivity contribution in [3.05, 3.63) is 24.0 Å². The summed E-state index contributed by atoms with van der Waals surface area (Å²) in [6.45, 7) is 1.47. The zero-order chi connectivity index (χ0) is 10.7. The molecular weight excluding hydrogens is 212 g/mol. The summed E-state index contributed by atoms with van der Waals surface area (Å²) < 4.78 is 0. The summed E-state index contributed by atoms with van der Waals surface area (Å²) in [5, 5.41) is 9.50. The molecule has 15 heavy (non-hydrogen) atoms. The highest BCUT2D eigenvalue weighted by atomic mass is 32.2. The normalized spacial score (nSPS) is 16.4. The zero-order valence-corrected chi connectivity index (χ0v) is 9.04. The minimum atomic E-state index is -0.173. The third kappa shape index (κ3) is 2.23. The molecule has 1 aromatic rings. The Labute approximate surface area is 92.3 Å². The van der Waals surface area contributed by atoms with E-state index >= 15 is 0 Å². The Morgan fingerprint density at radius 2 is 2.20 bits per heavy atom. The quantitative estimate of drug-likeness (QED) is 0.772. The van der Waals surface area contributed by atoms with Gasteiger partial charge in [-0.25, -0.2) is 4.98 Å². The molecule has 0 aliphatic carbocycles. The SMILES string of the molecule is O=C(c1ncccc1O)N1CCSCC1. The molecule has 0 unspecified atom stereocenters. The van der Waals surface area contributed by atoms with Crippen molar-refractivity contribution in [2.75, 3.05) is 24.6 Å². The second-order valence-electron chi connectivity index (χ2n) is 3.28. The van der Waals surface area contributed by atoms with Crippen LogP contribution in [0.1, 0.15) is 10.5 Å². The first-order valence-corrected chi connectivity index (χ1v) is 5.95. The van der Waals surface area contributed by atoms with Crippen molar-refractivity contribution in [1.29, 1.82) is 0 Å². The van der Waals surface area contributed by atoms with E-state index in [2.05, 4.69) is 4.98 Å². The van der Waals surface area contributed by atoms with Gasteiger partial charge in [0, 0.05) is 30.8 Å². The summed E-state index contributed by atoms with van der Waals surface area (Å²) in [7, 11) is 0. The molecule has 0 spiro atoms. The van der Waals surface area contributed by atoms with E-state index in [0.29, 0.717) is 0 Å². The second kappa shape index (κ2) is 4.53. The predicted molar refractivity (Wildman–Crippen MR) is 59.1 cm³/mol. The maximum Gasteiger partial charge on any atom is 0.276 e. The van der Waals surface area contributed by atoms with Gasteiger partial charge in [0.15, 0.2) is 5.69 Å². The number of pyridine rings is 1. The minimum Gasteiger partial charge on any atom is -0.505 e. The molecule has 1 aromatic heterocycles. The third-order valence-corrected chi connectivity index (χ3v) is 3.23. The third-order valence-electron chi connectivity index (χ3n) is 2.29. The molecule has 2 rings (SSSR count). The molecule has 0 radical (unpaired) electrons. The van der Waals surface area contributed by atoms with E-state index < -0.39 is 0 Å². The number of aromatic nitrogens is 1. The standard InChI is InChI=1S/C10H12N2O2S/c13-8-2-1-3-11-9(8)10(14)12-4-6-15-7-5-12/h1-3,13H,4-7H2. The Balaban J connectivity index is 2.16. The summed E-state index contributed by atoms with van der Waals surface area (Å²) >= 11 is 1.84. The first-order valence-electron chi connectivity index (χ1n) is 4.80. The fourth-order valence-electron chi connectivity index (χ4n) is 1.48. The van der Waals surface area contributed by atoms with Crippen LogP contribution in [0.15, 0.2) is 18.3 Å². The Morgan fingerprint density at radius 1 is 1.47 bits per heavy atom. The van der Waals surface area contributed by atoms with Crippen LogP contribution >= 0.6 is 11.8 Å². The number of rotatable bonds is 1. The molecule has 80 valence electrons. The fourth-order valence-corrected chi connectivity index (χ4v) is 2.38. The van der Waals surface area contributed by atoms with Gasteiger partial charge in [0.25, 0.3) is 5.91 Å². The summed E-state index contributed by atoms with van der Waals surface area (Å²) in [4.78, 5) is 17.6. The molecule has 0 aromatic carbocycles. The van der Waals surface area contributed by atoms with Crippen molar-refractivity contribution in [3.63, 3.8) is 0 Å². The van der Waals surface area contributed by atoms with E-state index in [9.17, 15) is 9.90 Å². The number of carbonyl (C=O) groups excluding carboxylic acids is 1. The predicted octanol–water partition coefficient (Wildman–Crippen LogP) is 0.976. The topological polar surface area (TPSA) is 53.4 Å². The molecule has 0 atom stereocenters. The van der Waals surface area contributed by atoms with Crippen molar-refractivity contribution in [2.45, 2.75) is 0 Å². The summed E-state index contributed by atoms with van der Waals surface area (Å²) in [6, 6.07) is 3.09. The van der Waals surface area contributed by atoms with Crippen molar-refractivity contribution in [3.8, 4) is 5.75 Å². The number of hydrogen-bond acceptors (Lipinski definition) is 4. The molecule has 1 aliphatic rings. The van der Waals surface area contributed by atoms with Crippen molar-refractivity contribution >= 4 is 17.7 Å². The maximum atomic E-state index is 11.9. The van der Waals surface area contributed by atoms with Crippen LogP contribution in [0.25, 0.3) is 0 Å². The lowest BCUT2D eigenvalue weighted by atomic mass is 10.3. The summed E-state index contributed by atoms with van der Waals surface area (Å²) in [6.07, 6.45) is 1.52. The van der Waals surface area contributed by atoms with Gasteiger partial charge in [-0.15, -0.1) is 0 Å². The monoisotopic (exact) mass is 224 g/mol. The lowest BCUT2D eigenvalue weighted by Gasteiger charge is -2.26. The molecule has 0 saturated carbocycles. The van der Waals surface area contributed by atoms with Crippen molar-refractivity contribution < 1.29 is 9.90 Å². The lowest BCUT2D eigenvalue weighted by Crippen LogP contribution is -2.38. The highest BCUT2D eigenvalue weighted by Gasteiger charge is 2.21. The lowest BCUT2D eigenvalue weighted by molar-refractivity contribution is 0.0763. The van der Waals surface area contributed by atoms with E-state index in [-0.39, 0.29) is 17.4 Å². The summed E-state index contributed by atoms with van der Waals surface area (Å²) in [5.74, 6) is 1.70. The van der Waals surface area contributed by atoms with Crippen LogP contribution in [0, 0.1) is 0 Å². The Hall–Kier alpha value is -1.23. The van der Waals surface area contributed by atoms with Crippen LogP contribution in [0.3, 0.4) is 0 Å². The van der Waals surface area contributed by atoms with Gasteiger partial charge in [0.2, 0.25) is 0 Å². The number of hydrogen-bond donors (Lipinski definition) is 1. The van der Waals surface area contributed by atoms with E-state index in [4.69, 9.17) is 0 Å². The second-order valence-corrected chi connectivity index (χ2v) is 4.50. The molecule has 5 heteroatoms. The van der Waals surface area contributed by atoms with Gasteiger partial charge in [0.1, 0.15) is 5.75 Å². The van der Waals surface area contributed by atoms with Gasteiger partial charge < -0.3 is 10.0 Å². The van der Waals surface area contributed by atoms with Crippen LogP contribution < -0.4 is 0 Å². The Morgan fingerprint density at radius 3 is 2.87 bits per heavy atom. The average molecular weight is 224 g/mol. The fraction of sp³-hybridized carbons (Fsp3) is 0.400. The number of aromatic hydroxyl groups is 1. The van der Waals surface area contributed by atoms with Gasteiger partial charge in [-0.3, -0.25) is 4.79 Å². The van der Waals surface area contributed by atoms with Gasteiger partial charge >= 0.3 is 0 Å². The first-order chi connectivity index (χ1) is 7.29. The van der Waals surface area contributed by atoms with E-state index in [0.717, 1.165) is 24.6 Å². The van der Waals surface area contributed by atoms with Gasteiger partial charge in [-0.2, -0.15) is 11.8 Å². The van der Waals surface area contributed by atoms with Crippen molar-refractivity contribution in [2.24, 2.45) is 0 Å². The summed E-state index contributed by atoms with van der Waals surface area (Å²) in [5.41, 5.74) is 0.157. The molecule has 2 heterocycles. The number of amides is 1. The van der Waals surface area contributed by atoms with E-state index in [1.165, 1.54) is 12.3 Å². The minimum absolute atomic E-state index is 0.0410. The Bertz CT molecular complexity index is 364. The Kier molecular flexibility index (Phi) is 3.11. The molecule has 4 nitrogen and oxygen atoms in total. The van der Waals surface area contributed by atoms with Crippen LogP contribution in [0.4, 0.5) is 0 Å². The molecule has 1 amide bonds. The number of thioether (sulfide) groups is 1. The first kappa shape index (κ1) is 10.3. The number of nitrogens with zero attached hydrogens (tertiary/aromatic N) is 2. The van der Waals surface area contributed by atoms with Crippen LogP contribution in [0.2, 0.25) is 0 Å². The largest absolute Gasteiger partial charge is 0.505 e. The molecule has 1 fully saturated rings. The molecule has 1 N–H and O–H groups in total. The zero-order valence-electron chi connectivity index (χ0n) is 8.22. The van der Waals surface area contributed by atoms with Crippen LogP contribution in [-0.2, 0) is 0 Å². The van der Waals surface area contributed by atoms with Gasteiger partial charge in [-0.05, 0) is 12.1 Å². The van der Waals surface area contributed by atoms with Gasteiger partial charge in [-0.1, -0.05) is 0 Å². The molecule has 1 aliphatic heterocycles. The van der Waals surface area contributed by atoms with E-state index in [1.807, 2.05) is 11.8 Å². The average Bonchev–Trinajstić information content (AvgIpc) is 2.30. The van der Waals surface area contributed by atoms with Crippen LogP contribution in [-0.4, -0.2) is 45.5 Å². The number of carbonyl (C=O) groups is 1. The molecular formula is C10H12N2O2S. The highest BCUT2D eigenvalue weighted by molar-refractivity contribution is 7.99. The molecule has 1 saturated heterocycles.